The number of aromatic hydroxyl groups is 1. The molecular weight excluding hydrogens is 320 g/mol. The molecule has 0 aliphatic carbocycles. The SMILES string of the molecule is Cc1cc(/C=C2\C(=O)NC(=O)N(c3ccccc3)C2=O)cc(C)c1O. The van der Waals surface area contributed by atoms with Gasteiger partial charge in [-0.2, -0.15) is 0 Å². The van der Waals surface area contributed by atoms with Gasteiger partial charge >= 0.3 is 6.03 Å². The summed E-state index contributed by atoms with van der Waals surface area (Å²) < 4.78 is 0. The van der Waals surface area contributed by atoms with Crippen molar-refractivity contribution in [3.8, 4) is 5.75 Å². The van der Waals surface area contributed by atoms with Crippen molar-refractivity contribution >= 4 is 29.6 Å². The van der Waals surface area contributed by atoms with E-state index in [9.17, 15) is 19.5 Å². The number of anilines is 1. The first kappa shape index (κ1) is 16.4. The molecule has 0 unspecified atom stereocenters. The van der Waals surface area contributed by atoms with E-state index in [1.165, 1.54) is 6.08 Å². The lowest BCUT2D eigenvalue weighted by atomic mass is 10.0. The standard InChI is InChI=1S/C19H16N2O4/c1-11-8-13(9-12(2)16(11)22)10-15-17(23)20-19(25)21(18(15)24)14-6-4-3-5-7-14/h3-10,22H,1-2H3,(H,20,23,25)/b15-10+. The van der Waals surface area contributed by atoms with Crippen LogP contribution in [0.15, 0.2) is 48.0 Å². The fourth-order valence-electron chi connectivity index (χ4n) is 2.71. The third-order valence-corrected chi connectivity index (χ3v) is 3.94. The summed E-state index contributed by atoms with van der Waals surface area (Å²) in [6.07, 6.45) is 1.42. The summed E-state index contributed by atoms with van der Waals surface area (Å²) in [5, 5.41) is 12.0. The van der Waals surface area contributed by atoms with Gasteiger partial charge in [0.15, 0.2) is 0 Å². The number of phenolic OH excluding ortho intramolecular Hbond substituents is 1. The van der Waals surface area contributed by atoms with Gasteiger partial charge in [-0.25, -0.2) is 9.69 Å². The second kappa shape index (κ2) is 6.24. The Morgan fingerprint density at radius 3 is 2.20 bits per heavy atom. The normalized spacial score (nSPS) is 16.3. The number of hydrogen-bond donors (Lipinski definition) is 2. The van der Waals surface area contributed by atoms with Crippen LogP contribution in [0.5, 0.6) is 5.75 Å². The smallest absolute Gasteiger partial charge is 0.335 e. The molecule has 4 amide bonds. The van der Waals surface area contributed by atoms with E-state index in [1.54, 1.807) is 56.3 Å². The van der Waals surface area contributed by atoms with Crippen molar-refractivity contribution in [2.45, 2.75) is 13.8 Å². The first-order valence-electron chi connectivity index (χ1n) is 7.65. The number of benzene rings is 2. The molecule has 6 nitrogen and oxygen atoms in total. The van der Waals surface area contributed by atoms with Crippen molar-refractivity contribution in [2.24, 2.45) is 0 Å². The zero-order valence-electron chi connectivity index (χ0n) is 13.7. The maximum atomic E-state index is 12.7. The highest BCUT2D eigenvalue weighted by atomic mass is 16.3. The van der Waals surface area contributed by atoms with Crippen LogP contribution >= 0.6 is 0 Å². The molecule has 1 aliphatic heterocycles. The van der Waals surface area contributed by atoms with E-state index in [0.29, 0.717) is 22.4 Å². The second-order valence-electron chi connectivity index (χ2n) is 5.80. The molecule has 6 heteroatoms. The monoisotopic (exact) mass is 336 g/mol. The third kappa shape index (κ3) is 3.01. The van der Waals surface area contributed by atoms with Crippen molar-refractivity contribution in [1.82, 2.24) is 5.32 Å². The van der Waals surface area contributed by atoms with Crippen LogP contribution in [0.25, 0.3) is 6.08 Å². The van der Waals surface area contributed by atoms with Crippen LogP contribution in [0.4, 0.5) is 10.5 Å². The van der Waals surface area contributed by atoms with Gasteiger partial charge in [-0.3, -0.25) is 14.9 Å². The molecule has 2 aromatic rings. The van der Waals surface area contributed by atoms with E-state index in [-0.39, 0.29) is 11.3 Å². The average Bonchev–Trinajstić information content (AvgIpc) is 2.57. The van der Waals surface area contributed by atoms with Crippen molar-refractivity contribution in [2.75, 3.05) is 4.90 Å². The van der Waals surface area contributed by atoms with Gasteiger partial charge in [0.25, 0.3) is 11.8 Å². The van der Waals surface area contributed by atoms with E-state index in [4.69, 9.17) is 0 Å². The van der Waals surface area contributed by atoms with Crippen molar-refractivity contribution in [1.29, 1.82) is 0 Å². The summed E-state index contributed by atoms with van der Waals surface area (Å²) in [7, 11) is 0. The fraction of sp³-hybridized carbons (Fsp3) is 0.105. The molecule has 1 saturated heterocycles. The number of carbonyl (C=O) groups excluding carboxylic acids is 3. The quantitative estimate of drug-likeness (QED) is 0.652. The highest BCUT2D eigenvalue weighted by Gasteiger charge is 2.36. The summed E-state index contributed by atoms with van der Waals surface area (Å²) >= 11 is 0. The second-order valence-corrected chi connectivity index (χ2v) is 5.80. The topological polar surface area (TPSA) is 86.7 Å². The van der Waals surface area contributed by atoms with Crippen LogP contribution in [-0.4, -0.2) is 23.0 Å². The zero-order valence-corrected chi connectivity index (χ0v) is 13.7. The highest BCUT2D eigenvalue weighted by Crippen LogP contribution is 2.26. The van der Waals surface area contributed by atoms with Gasteiger partial charge in [0.2, 0.25) is 0 Å². The molecule has 1 heterocycles. The molecule has 3 rings (SSSR count). The predicted molar refractivity (Wildman–Crippen MR) is 93.0 cm³/mol. The number of barbiturate groups is 1. The molecular formula is C19H16N2O4. The number of phenols is 1. The molecule has 0 radical (unpaired) electrons. The number of nitrogens with zero attached hydrogens (tertiary/aromatic N) is 1. The van der Waals surface area contributed by atoms with Crippen molar-refractivity contribution in [3.05, 3.63) is 64.7 Å². The molecule has 2 N–H and O–H groups in total. The van der Waals surface area contributed by atoms with Crippen molar-refractivity contribution < 1.29 is 19.5 Å². The Morgan fingerprint density at radius 1 is 1.00 bits per heavy atom. The number of amides is 4. The Morgan fingerprint density at radius 2 is 1.60 bits per heavy atom. The molecule has 126 valence electrons. The average molecular weight is 336 g/mol. The van der Waals surface area contributed by atoms with Gasteiger partial charge in [0, 0.05) is 0 Å². The van der Waals surface area contributed by atoms with E-state index in [0.717, 1.165) is 4.90 Å². The first-order chi connectivity index (χ1) is 11.9. The molecule has 1 fully saturated rings. The molecule has 0 saturated carbocycles. The van der Waals surface area contributed by atoms with Crippen LogP contribution in [-0.2, 0) is 9.59 Å². The van der Waals surface area contributed by atoms with E-state index in [1.807, 2.05) is 0 Å². The number of para-hydroxylation sites is 1. The van der Waals surface area contributed by atoms with Crippen LogP contribution < -0.4 is 10.2 Å². The lowest BCUT2D eigenvalue weighted by molar-refractivity contribution is -0.122. The Balaban J connectivity index is 2.05. The molecule has 0 atom stereocenters. The fourth-order valence-corrected chi connectivity index (χ4v) is 2.71. The van der Waals surface area contributed by atoms with Crippen molar-refractivity contribution in [3.63, 3.8) is 0 Å². The van der Waals surface area contributed by atoms with Crippen LogP contribution in [0.3, 0.4) is 0 Å². The molecule has 0 bridgehead atoms. The minimum absolute atomic E-state index is 0.145. The molecule has 1 aliphatic rings. The number of urea groups is 1. The Bertz CT molecular complexity index is 893. The highest BCUT2D eigenvalue weighted by molar-refractivity contribution is 6.39. The zero-order chi connectivity index (χ0) is 18.1. The van der Waals surface area contributed by atoms with Gasteiger partial charge in [-0.15, -0.1) is 0 Å². The Labute approximate surface area is 144 Å². The Kier molecular flexibility index (Phi) is 4.10. The minimum atomic E-state index is -0.781. The number of imide groups is 2. The van der Waals surface area contributed by atoms with Crippen LogP contribution in [0.2, 0.25) is 0 Å². The number of carbonyl (C=O) groups is 3. The lowest BCUT2D eigenvalue weighted by Gasteiger charge is -2.26. The first-order valence-corrected chi connectivity index (χ1v) is 7.65. The Hall–Kier alpha value is -3.41. The largest absolute Gasteiger partial charge is 0.507 e. The summed E-state index contributed by atoms with van der Waals surface area (Å²) in [5.74, 6) is -1.27. The van der Waals surface area contributed by atoms with Crippen LogP contribution in [0, 0.1) is 13.8 Å². The molecule has 0 spiro atoms. The van der Waals surface area contributed by atoms with E-state index < -0.39 is 17.8 Å². The minimum Gasteiger partial charge on any atom is -0.507 e. The van der Waals surface area contributed by atoms with Gasteiger partial charge in [0.05, 0.1) is 5.69 Å². The van der Waals surface area contributed by atoms with Crippen LogP contribution in [0.1, 0.15) is 16.7 Å². The van der Waals surface area contributed by atoms with Gasteiger partial charge < -0.3 is 5.11 Å². The summed E-state index contributed by atoms with van der Waals surface area (Å²) in [6, 6.07) is 10.9. The summed E-state index contributed by atoms with van der Waals surface area (Å²) in [6.45, 7) is 3.46. The lowest BCUT2D eigenvalue weighted by Crippen LogP contribution is -2.54. The number of rotatable bonds is 2. The maximum absolute atomic E-state index is 12.7. The van der Waals surface area contributed by atoms with Gasteiger partial charge in [-0.1, -0.05) is 18.2 Å². The maximum Gasteiger partial charge on any atom is 0.335 e. The molecule has 0 aromatic heterocycles. The number of hydrogen-bond acceptors (Lipinski definition) is 4. The van der Waals surface area contributed by atoms with E-state index >= 15 is 0 Å². The summed E-state index contributed by atoms with van der Waals surface area (Å²) in [5.41, 5.74) is 2.08. The van der Waals surface area contributed by atoms with Gasteiger partial charge in [0.1, 0.15) is 11.3 Å². The molecule has 2 aromatic carbocycles. The number of nitrogens with one attached hydrogen (secondary N) is 1. The van der Waals surface area contributed by atoms with E-state index in [2.05, 4.69) is 5.32 Å². The third-order valence-electron chi connectivity index (χ3n) is 3.94. The van der Waals surface area contributed by atoms with Gasteiger partial charge in [-0.05, 0) is 60.9 Å². The molecule has 25 heavy (non-hydrogen) atoms. The number of aryl methyl sites for hydroxylation is 2. The predicted octanol–water partition coefficient (Wildman–Crippen LogP) is 2.68. The summed E-state index contributed by atoms with van der Waals surface area (Å²) in [4.78, 5) is 37.9.